The minimum atomic E-state index is -0.320. The van der Waals surface area contributed by atoms with Gasteiger partial charge in [-0.1, -0.05) is 11.6 Å². The molecule has 0 spiro atoms. The van der Waals surface area contributed by atoms with Crippen LogP contribution in [0, 0.1) is 13.8 Å². The fourth-order valence-corrected chi connectivity index (χ4v) is 2.94. The lowest BCUT2D eigenvalue weighted by molar-refractivity contribution is -0.111. The highest BCUT2D eigenvalue weighted by molar-refractivity contribution is 6.34. The number of aryl methyl sites for hydroxylation is 2. The predicted octanol–water partition coefficient (Wildman–Crippen LogP) is 6.01. The van der Waals surface area contributed by atoms with E-state index >= 15 is 0 Å². The number of hydrogen-bond donors (Lipinski definition) is 1. The quantitative estimate of drug-likeness (QED) is 0.432. The van der Waals surface area contributed by atoms with Gasteiger partial charge in [0.15, 0.2) is 5.58 Å². The van der Waals surface area contributed by atoms with E-state index in [0.717, 1.165) is 27.8 Å². The zero-order valence-electron chi connectivity index (χ0n) is 15.3. The molecule has 0 atom stereocenters. The van der Waals surface area contributed by atoms with E-state index in [9.17, 15) is 4.79 Å². The highest BCUT2D eigenvalue weighted by Crippen LogP contribution is 2.31. The van der Waals surface area contributed by atoms with Gasteiger partial charge in [0.25, 0.3) is 0 Å². The normalized spacial score (nSPS) is 11.4. The molecule has 6 heteroatoms. The lowest BCUT2D eigenvalue weighted by Gasteiger charge is -2.06. The molecule has 140 valence electrons. The molecular weight excluding hydrogens is 376 g/mol. The maximum atomic E-state index is 12.2. The number of amides is 1. The zero-order chi connectivity index (χ0) is 19.7. The van der Waals surface area contributed by atoms with E-state index in [2.05, 4.69) is 10.3 Å². The molecule has 0 saturated heterocycles. The summed E-state index contributed by atoms with van der Waals surface area (Å²) in [6.07, 6.45) is 4.51. The molecule has 28 heavy (non-hydrogen) atoms. The van der Waals surface area contributed by atoms with Crippen LogP contribution in [0.2, 0.25) is 5.02 Å². The minimum absolute atomic E-state index is 0.320. The number of hydrogen-bond acceptors (Lipinski definition) is 4. The SMILES string of the molecule is Cc1cc2nc(-c3ccc(Cl)c(NC(=O)C=Cc4ccco4)c3)oc2cc1C. The van der Waals surface area contributed by atoms with Crippen LogP contribution in [0.3, 0.4) is 0 Å². The molecule has 2 aromatic carbocycles. The van der Waals surface area contributed by atoms with Gasteiger partial charge in [-0.15, -0.1) is 0 Å². The molecule has 1 amide bonds. The Kier molecular flexibility index (Phi) is 4.75. The molecular formula is C22H17ClN2O3. The molecule has 4 rings (SSSR count). The second-order valence-electron chi connectivity index (χ2n) is 6.46. The molecule has 2 aromatic heterocycles. The van der Waals surface area contributed by atoms with E-state index in [1.165, 1.54) is 6.08 Å². The number of fused-ring (bicyclic) bond motifs is 1. The Bertz CT molecular complexity index is 1150. The third-order valence-electron chi connectivity index (χ3n) is 4.42. The van der Waals surface area contributed by atoms with Crippen molar-refractivity contribution in [2.45, 2.75) is 13.8 Å². The largest absolute Gasteiger partial charge is 0.465 e. The first kappa shape index (κ1) is 18.1. The first-order valence-electron chi connectivity index (χ1n) is 8.70. The Morgan fingerprint density at radius 1 is 1.14 bits per heavy atom. The first-order chi connectivity index (χ1) is 13.5. The van der Waals surface area contributed by atoms with E-state index in [4.69, 9.17) is 20.4 Å². The van der Waals surface area contributed by atoms with Crippen molar-refractivity contribution < 1.29 is 13.6 Å². The van der Waals surface area contributed by atoms with Crippen LogP contribution in [0.4, 0.5) is 5.69 Å². The maximum Gasteiger partial charge on any atom is 0.248 e. The molecule has 0 aliphatic rings. The number of rotatable bonds is 4. The molecule has 0 radical (unpaired) electrons. The minimum Gasteiger partial charge on any atom is -0.465 e. The monoisotopic (exact) mass is 392 g/mol. The van der Waals surface area contributed by atoms with Gasteiger partial charge in [0.2, 0.25) is 11.8 Å². The molecule has 0 unspecified atom stereocenters. The van der Waals surface area contributed by atoms with Crippen LogP contribution in [-0.2, 0) is 4.79 Å². The maximum absolute atomic E-state index is 12.2. The van der Waals surface area contributed by atoms with Gasteiger partial charge in [-0.3, -0.25) is 4.79 Å². The highest BCUT2D eigenvalue weighted by Gasteiger charge is 2.12. The molecule has 1 N–H and O–H groups in total. The van der Waals surface area contributed by atoms with E-state index < -0.39 is 0 Å². The van der Waals surface area contributed by atoms with Crippen molar-refractivity contribution in [1.82, 2.24) is 4.98 Å². The number of carbonyl (C=O) groups excluding carboxylic acids is 1. The summed E-state index contributed by atoms with van der Waals surface area (Å²) in [6, 6.07) is 12.7. The van der Waals surface area contributed by atoms with Gasteiger partial charge in [-0.05, 0) is 73.5 Å². The highest BCUT2D eigenvalue weighted by atomic mass is 35.5. The number of anilines is 1. The van der Waals surface area contributed by atoms with Crippen LogP contribution < -0.4 is 5.32 Å². The van der Waals surface area contributed by atoms with E-state index in [0.29, 0.717) is 22.4 Å². The Morgan fingerprint density at radius 2 is 1.96 bits per heavy atom. The Hall–Kier alpha value is -3.31. The second kappa shape index (κ2) is 7.37. The van der Waals surface area contributed by atoms with Crippen LogP contribution in [0.5, 0.6) is 0 Å². The third kappa shape index (κ3) is 3.70. The average molecular weight is 393 g/mol. The molecule has 0 aliphatic carbocycles. The molecule has 4 aromatic rings. The fourth-order valence-electron chi connectivity index (χ4n) is 2.78. The Labute approximate surface area is 166 Å². The van der Waals surface area contributed by atoms with Crippen LogP contribution in [-0.4, -0.2) is 10.9 Å². The summed E-state index contributed by atoms with van der Waals surface area (Å²) in [5, 5.41) is 3.19. The van der Waals surface area contributed by atoms with Crippen LogP contribution >= 0.6 is 11.6 Å². The topological polar surface area (TPSA) is 68.3 Å². The van der Waals surface area contributed by atoms with Gasteiger partial charge >= 0.3 is 0 Å². The Balaban J connectivity index is 1.61. The van der Waals surface area contributed by atoms with Crippen molar-refractivity contribution in [3.05, 3.63) is 76.7 Å². The van der Waals surface area contributed by atoms with Gasteiger partial charge in [0, 0.05) is 11.6 Å². The smallest absolute Gasteiger partial charge is 0.248 e. The summed E-state index contributed by atoms with van der Waals surface area (Å²) in [5.74, 6) is 0.740. The van der Waals surface area contributed by atoms with Crippen molar-refractivity contribution in [1.29, 1.82) is 0 Å². The number of oxazole rings is 1. The van der Waals surface area contributed by atoms with Crippen LogP contribution in [0.1, 0.15) is 16.9 Å². The lowest BCUT2D eigenvalue weighted by atomic mass is 10.1. The summed E-state index contributed by atoms with van der Waals surface area (Å²) in [4.78, 5) is 16.7. The summed E-state index contributed by atoms with van der Waals surface area (Å²) < 4.78 is 11.1. The third-order valence-corrected chi connectivity index (χ3v) is 4.75. The first-order valence-corrected chi connectivity index (χ1v) is 9.08. The van der Waals surface area contributed by atoms with Gasteiger partial charge in [0.05, 0.1) is 17.0 Å². The van der Waals surface area contributed by atoms with Gasteiger partial charge in [0.1, 0.15) is 11.3 Å². The number of nitrogens with zero attached hydrogens (tertiary/aromatic N) is 1. The predicted molar refractivity (Wildman–Crippen MR) is 110 cm³/mol. The van der Waals surface area contributed by atoms with Crippen molar-refractivity contribution in [3.63, 3.8) is 0 Å². The summed E-state index contributed by atoms with van der Waals surface area (Å²) in [6.45, 7) is 4.07. The van der Waals surface area contributed by atoms with Crippen molar-refractivity contribution in [3.8, 4) is 11.5 Å². The molecule has 0 fully saturated rings. The van der Waals surface area contributed by atoms with Gasteiger partial charge in [-0.2, -0.15) is 0 Å². The molecule has 0 saturated carbocycles. The summed E-state index contributed by atoms with van der Waals surface area (Å²) >= 11 is 6.24. The molecule has 0 bridgehead atoms. The van der Waals surface area contributed by atoms with Gasteiger partial charge in [-0.25, -0.2) is 4.98 Å². The number of aromatic nitrogens is 1. The lowest BCUT2D eigenvalue weighted by Crippen LogP contribution is -2.08. The van der Waals surface area contributed by atoms with Crippen LogP contribution in [0.25, 0.3) is 28.6 Å². The van der Waals surface area contributed by atoms with E-state index in [-0.39, 0.29) is 5.91 Å². The van der Waals surface area contributed by atoms with Crippen molar-refractivity contribution in [2.24, 2.45) is 0 Å². The molecule has 5 nitrogen and oxygen atoms in total. The fraction of sp³-hybridized carbons (Fsp3) is 0.0909. The molecule has 0 aliphatic heterocycles. The zero-order valence-corrected chi connectivity index (χ0v) is 16.1. The van der Waals surface area contributed by atoms with Crippen molar-refractivity contribution in [2.75, 3.05) is 5.32 Å². The number of halogens is 1. The Morgan fingerprint density at radius 3 is 2.75 bits per heavy atom. The van der Waals surface area contributed by atoms with Crippen LogP contribution in [0.15, 0.2) is 63.6 Å². The number of carbonyl (C=O) groups is 1. The number of furan rings is 1. The van der Waals surface area contributed by atoms with E-state index in [1.54, 1.807) is 42.7 Å². The second-order valence-corrected chi connectivity index (χ2v) is 6.86. The van der Waals surface area contributed by atoms with E-state index in [1.807, 2.05) is 26.0 Å². The summed E-state index contributed by atoms with van der Waals surface area (Å²) in [5.41, 5.74) is 5.01. The van der Waals surface area contributed by atoms with Gasteiger partial charge < -0.3 is 14.2 Å². The number of nitrogens with one attached hydrogen (secondary N) is 1. The average Bonchev–Trinajstić information content (AvgIpc) is 3.32. The standard InChI is InChI=1S/C22H17ClN2O3/c1-13-10-19-20(11-14(13)2)28-22(25-19)15-5-7-17(23)18(12-15)24-21(26)8-6-16-4-3-9-27-16/h3-12H,1-2H3,(H,24,26). The number of benzene rings is 2. The molecule has 2 heterocycles. The summed E-state index contributed by atoms with van der Waals surface area (Å²) in [7, 11) is 0. The van der Waals surface area contributed by atoms with Crippen molar-refractivity contribution >= 4 is 40.4 Å².